The molecule has 0 saturated carbocycles. The van der Waals surface area contributed by atoms with Crippen molar-refractivity contribution in [3.8, 4) is 22.6 Å². The molecule has 5 aromatic carbocycles. The van der Waals surface area contributed by atoms with Crippen molar-refractivity contribution in [2.24, 2.45) is 0 Å². The molecule has 154 valence electrons. The topological polar surface area (TPSA) is 25.0 Å². The van der Waals surface area contributed by atoms with E-state index >= 15 is 0 Å². The van der Waals surface area contributed by atoms with E-state index in [9.17, 15) is 0 Å². The van der Waals surface area contributed by atoms with E-state index in [4.69, 9.17) is 4.74 Å². The summed E-state index contributed by atoms with van der Waals surface area (Å²) in [5, 5.41) is 2.47. The smallest absolute Gasteiger partial charge is 0.134 e. The summed E-state index contributed by atoms with van der Waals surface area (Å²) in [6.45, 7) is 0. The first-order valence-electron chi connectivity index (χ1n) is 11.4. The quantitative estimate of drug-likeness (QED) is 0.266. The van der Waals surface area contributed by atoms with E-state index < -0.39 is 5.41 Å². The molecule has 2 nitrogen and oxygen atoms in total. The van der Waals surface area contributed by atoms with Crippen LogP contribution in [-0.2, 0) is 5.41 Å². The maximum absolute atomic E-state index is 6.58. The second-order valence-electron chi connectivity index (χ2n) is 9.00. The maximum atomic E-state index is 6.58. The predicted octanol–water partition coefficient (Wildman–Crippen LogP) is 7.79. The van der Waals surface area contributed by atoms with Crippen LogP contribution >= 0.6 is 0 Å². The molecule has 0 saturated heterocycles. The van der Waals surface area contributed by atoms with Crippen LogP contribution in [0.5, 0.6) is 11.5 Å². The van der Waals surface area contributed by atoms with E-state index in [0.29, 0.717) is 0 Å². The van der Waals surface area contributed by atoms with Crippen molar-refractivity contribution < 1.29 is 4.74 Å². The average Bonchev–Trinajstić information content (AvgIpc) is 3.37. The molecule has 1 aromatic heterocycles. The molecule has 1 aliphatic heterocycles. The number of nitrogens with one attached hydrogen (secondary N) is 1. The molecule has 2 aliphatic rings. The molecule has 33 heavy (non-hydrogen) atoms. The zero-order valence-corrected chi connectivity index (χ0v) is 17.8. The largest absolute Gasteiger partial charge is 0.457 e. The fourth-order valence-electron chi connectivity index (χ4n) is 6.20. The number of rotatable bonds is 0. The zero-order valence-electron chi connectivity index (χ0n) is 17.8. The van der Waals surface area contributed by atoms with Crippen molar-refractivity contribution in [1.29, 1.82) is 0 Å². The minimum atomic E-state index is -0.413. The normalized spacial score (nSPS) is 14.5. The van der Waals surface area contributed by atoms with E-state index in [1.807, 2.05) is 0 Å². The van der Waals surface area contributed by atoms with Gasteiger partial charge in [-0.3, -0.25) is 0 Å². The van der Waals surface area contributed by atoms with E-state index in [0.717, 1.165) is 22.5 Å². The Morgan fingerprint density at radius 2 is 1.12 bits per heavy atom. The third-order valence-corrected chi connectivity index (χ3v) is 7.47. The Labute approximate surface area is 191 Å². The molecule has 0 fully saturated rings. The maximum Gasteiger partial charge on any atom is 0.134 e. The number of aromatic nitrogens is 1. The standard InChI is InChI=1S/C31H19NO/c1-4-12-23-19(9-1)20-10-2-5-13-24(20)31(23)25-14-6-8-16-29(25)33-30-18-28-22(17-26(30)31)21-11-3-7-15-27(21)32-28/h1-18,32H. The van der Waals surface area contributed by atoms with Gasteiger partial charge in [-0.05, 0) is 40.5 Å². The van der Waals surface area contributed by atoms with Gasteiger partial charge in [0.15, 0.2) is 0 Å². The molecular weight excluding hydrogens is 402 g/mol. The predicted molar refractivity (Wildman–Crippen MR) is 133 cm³/mol. The third-order valence-electron chi connectivity index (χ3n) is 7.47. The minimum absolute atomic E-state index is 0.413. The van der Waals surface area contributed by atoms with Crippen molar-refractivity contribution >= 4 is 21.8 Å². The van der Waals surface area contributed by atoms with Gasteiger partial charge in [0.2, 0.25) is 0 Å². The summed E-state index contributed by atoms with van der Waals surface area (Å²) in [6.07, 6.45) is 0. The molecular formula is C31H19NO. The summed E-state index contributed by atoms with van der Waals surface area (Å²) in [5.74, 6) is 1.84. The van der Waals surface area contributed by atoms with Crippen LogP contribution in [0.4, 0.5) is 0 Å². The summed E-state index contributed by atoms with van der Waals surface area (Å²) in [4.78, 5) is 3.59. The van der Waals surface area contributed by atoms with Crippen molar-refractivity contribution in [2.45, 2.75) is 5.41 Å². The summed E-state index contributed by atoms with van der Waals surface area (Å²) in [5.41, 5.74) is 9.49. The first-order chi connectivity index (χ1) is 16.4. The van der Waals surface area contributed by atoms with Crippen LogP contribution in [0.25, 0.3) is 32.9 Å². The third kappa shape index (κ3) is 2.00. The van der Waals surface area contributed by atoms with Crippen molar-refractivity contribution in [2.75, 3.05) is 0 Å². The molecule has 1 aliphatic carbocycles. The molecule has 0 unspecified atom stereocenters. The van der Waals surface area contributed by atoms with Crippen molar-refractivity contribution in [3.05, 3.63) is 131 Å². The van der Waals surface area contributed by atoms with E-state index in [1.54, 1.807) is 0 Å². The average molecular weight is 421 g/mol. The number of ether oxygens (including phenoxy) is 1. The van der Waals surface area contributed by atoms with Gasteiger partial charge in [-0.15, -0.1) is 0 Å². The lowest BCUT2D eigenvalue weighted by Gasteiger charge is -2.39. The number of para-hydroxylation sites is 2. The highest BCUT2D eigenvalue weighted by atomic mass is 16.5. The van der Waals surface area contributed by atoms with Gasteiger partial charge >= 0.3 is 0 Å². The number of fused-ring (bicyclic) bond motifs is 12. The monoisotopic (exact) mass is 421 g/mol. The Bertz CT molecular complexity index is 1710. The molecule has 1 spiro atoms. The first kappa shape index (κ1) is 17.3. The number of aromatic amines is 1. The van der Waals surface area contributed by atoms with Crippen LogP contribution in [0.2, 0.25) is 0 Å². The van der Waals surface area contributed by atoms with Crippen LogP contribution < -0.4 is 4.74 Å². The fourth-order valence-corrected chi connectivity index (χ4v) is 6.20. The van der Waals surface area contributed by atoms with Crippen LogP contribution in [0, 0.1) is 0 Å². The molecule has 8 rings (SSSR count). The van der Waals surface area contributed by atoms with Crippen molar-refractivity contribution in [3.63, 3.8) is 0 Å². The SMILES string of the molecule is c1ccc2c(c1)Oc1cc3[nH]c4ccccc4c3cc1C21c2ccccc2-c2ccccc21. The summed E-state index contributed by atoms with van der Waals surface area (Å²) >= 11 is 0. The summed E-state index contributed by atoms with van der Waals surface area (Å²) in [6, 6.07) is 39.3. The van der Waals surface area contributed by atoms with E-state index in [1.165, 1.54) is 44.2 Å². The van der Waals surface area contributed by atoms with E-state index in [-0.39, 0.29) is 0 Å². The van der Waals surface area contributed by atoms with Gasteiger partial charge in [0.05, 0.1) is 10.9 Å². The zero-order chi connectivity index (χ0) is 21.6. The van der Waals surface area contributed by atoms with Crippen LogP contribution in [0.15, 0.2) is 109 Å². The Hall–Kier alpha value is -4.30. The fraction of sp³-hybridized carbons (Fsp3) is 0.0323. The molecule has 0 bridgehead atoms. The minimum Gasteiger partial charge on any atom is -0.457 e. The Balaban J connectivity index is 1.60. The molecule has 2 heteroatoms. The van der Waals surface area contributed by atoms with Gasteiger partial charge < -0.3 is 9.72 Å². The van der Waals surface area contributed by atoms with Gasteiger partial charge in [0.1, 0.15) is 11.5 Å². The van der Waals surface area contributed by atoms with Gasteiger partial charge in [0, 0.05) is 33.5 Å². The van der Waals surface area contributed by atoms with Gasteiger partial charge in [-0.1, -0.05) is 84.9 Å². The van der Waals surface area contributed by atoms with Crippen LogP contribution in [0.1, 0.15) is 22.3 Å². The second kappa shape index (κ2) is 5.93. The lowest BCUT2D eigenvalue weighted by molar-refractivity contribution is 0.437. The Morgan fingerprint density at radius 1 is 0.485 bits per heavy atom. The van der Waals surface area contributed by atoms with Gasteiger partial charge in [-0.2, -0.15) is 0 Å². The number of hydrogen-bond donors (Lipinski definition) is 1. The molecule has 0 amide bonds. The molecule has 2 heterocycles. The number of hydrogen-bond acceptors (Lipinski definition) is 1. The Morgan fingerprint density at radius 3 is 1.91 bits per heavy atom. The van der Waals surface area contributed by atoms with Gasteiger partial charge in [0.25, 0.3) is 0 Å². The number of benzene rings is 5. The van der Waals surface area contributed by atoms with Crippen molar-refractivity contribution in [1.82, 2.24) is 4.98 Å². The lowest BCUT2D eigenvalue weighted by atomic mass is 9.66. The number of H-pyrrole nitrogens is 1. The first-order valence-corrected chi connectivity index (χ1v) is 11.4. The van der Waals surface area contributed by atoms with Gasteiger partial charge in [-0.25, -0.2) is 0 Å². The van der Waals surface area contributed by atoms with Crippen LogP contribution in [-0.4, -0.2) is 4.98 Å². The highest BCUT2D eigenvalue weighted by molar-refractivity contribution is 6.08. The second-order valence-corrected chi connectivity index (χ2v) is 9.00. The van der Waals surface area contributed by atoms with E-state index in [2.05, 4.69) is 114 Å². The molecule has 6 aromatic rings. The molecule has 1 N–H and O–H groups in total. The van der Waals surface area contributed by atoms with Crippen LogP contribution in [0.3, 0.4) is 0 Å². The molecule has 0 radical (unpaired) electrons. The molecule has 0 atom stereocenters. The lowest BCUT2D eigenvalue weighted by Crippen LogP contribution is -2.32. The summed E-state index contributed by atoms with van der Waals surface area (Å²) < 4.78 is 6.58. The Kier molecular flexibility index (Phi) is 3.11. The summed E-state index contributed by atoms with van der Waals surface area (Å²) in [7, 11) is 0. The highest BCUT2D eigenvalue weighted by Crippen LogP contribution is 2.62. The highest BCUT2D eigenvalue weighted by Gasteiger charge is 2.51.